The van der Waals surface area contributed by atoms with E-state index in [2.05, 4.69) is 15.6 Å². The topological polar surface area (TPSA) is 100 Å². The lowest BCUT2D eigenvalue weighted by atomic mass is 10.1. The predicted molar refractivity (Wildman–Crippen MR) is 119 cm³/mol. The van der Waals surface area contributed by atoms with Gasteiger partial charge in [-0.05, 0) is 36.2 Å². The van der Waals surface area contributed by atoms with Gasteiger partial charge in [-0.3, -0.25) is 4.79 Å². The lowest BCUT2D eigenvalue weighted by molar-refractivity contribution is -0.192. The maximum Gasteiger partial charge on any atom is 0.490 e. The van der Waals surface area contributed by atoms with Crippen LogP contribution in [0.15, 0.2) is 48.5 Å². The number of para-hydroxylation sites is 1. The minimum Gasteiger partial charge on any atom is -0.475 e. The first-order valence-corrected chi connectivity index (χ1v) is 10.6. The normalized spacial score (nSPS) is 13.4. The second-order valence-electron chi connectivity index (χ2n) is 7.20. The van der Waals surface area contributed by atoms with Gasteiger partial charge in [-0.1, -0.05) is 48.0 Å². The SMILES string of the molecule is CCc1c(C(=O)N2CCNCc3ccccc32)nnn1-c1cccc(Cl)c1.O=C(O)C(F)(F)F. The number of rotatable bonds is 3. The van der Waals surface area contributed by atoms with Crippen molar-refractivity contribution in [2.45, 2.75) is 26.1 Å². The molecule has 4 rings (SSSR count). The highest BCUT2D eigenvalue weighted by atomic mass is 35.5. The van der Waals surface area contributed by atoms with Crippen molar-refractivity contribution in [3.8, 4) is 5.69 Å². The first kappa shape index (κ1) is 25.2. The number of hydrogen-bond donors (Lipinski definition) is 2. The van der Waals surface area contributed by atoms with Gasteiger partial charge in [0.1, 0.15) is 0 Å². The van der Waals surface area contributed by atoms with Crippen molar-refractivity contribution in [3.63, 3.8) is 0 Å². The average molecular weight is 496 g/mol. The van der Waals surface area contributed by atoms with E-state index < -0.39 is 12.1 Å². The second-order valence-corrected chi connectivity index (χ2v) is 7.63. The van der Waals surface area contributed by atoms with Gasteiger partial charge < -0.3 is 15.3 Å². The van der Waals surface area contributed by atoms with Gasteiger partial charge in [0.15, 0.2) is 5.69 Å². The molecule has 0 saturated carbocycles. The van der Waals surface area contributed by atoms with Crippen molar-refractivity contribution < 1.29 is 27.9 Å². The number of hydrogen-bond acceptors (Lipinski definition) is 5. The van der Waals surface area contributed by atoms with Crippen LogP contribution in [0.1, 0.15) is 28.7 Å². The van der Waals surface area contributed by atoms with E-state index in [1.807, 2.05) is 49.4 Å². The molecule has 0 fully saturated rings. The van der Waals surface area contributed by atoms with Crippen molar-refractivity contribution in [1.82, 2.24) is 20.3 Å². The van der Waals surface area contributed by atoms with Crippen molar-refractivity contribution >= 4 is 29.2 Å². The zero-order chi connectivity index (χ0) is 24.9. The number of nitrogens with zero attached hydrogens (tertiary/aromatic N) is 4. The quantitative estimate of drug-likeness (QED) is 0.572. The lowest BCUT2D eigenvalue weighted by Crippen LogP contribution is -2.35. The van der Waals surface area contributed by atoms with Crippen LogP contribution in [0.2, 0.25) is 5.02 Å². The summed E-state index contributed by atoms with van der Waals surface area (Å²) in [5, 5.41) is 19.6. The van der Waals surface area contributed by atoms with Crippen LogP contribution in [0, 0.1) is 0 Å². The number of carboxylic acids is 1. The van der Waals surface area contributed by atoms with Crippen LogP contribution in [0.3, 0.4) is 0 Å². The number of carbonyl (C=O) groups excluding carboxylic acids is 1. The summed E-state index contributed by atoms with van der Waals surface area (Å²) < 4.78 is 33.4. The molecule has 1 amide bonds. The molecule has 0 aliphatic carbocycles. The van der Waals surface area contributed by atoms with E-state index in [9.17, 15) is 18.0 Å². The Hall–Kier alpha value is -3.44. The highest BCUT2D eigenvalue weighted by molar-refractivity contribution is 6.30. The molecule has 2 aromatic carbocycles. The van der Waals surface area contributed by atoms with Gasteiger partial charge in [0.25, 0.3) is 5.91 Å². The highest BCUT2D eigenvalue weighted by Crippen LogP contribution is 2.25. The predicted octanol–water partition coefficient (Wildman–Crippen LogP) is 3.87. The van der Waals surface area contributed by atoms with E-state index in [4.69, 9.17) is 21.5 Å². The summed E-state index contributed by atoms with van der Waals surface area (Å²) in [6.45, 7) is 4.05. The molecule has 1 aliphatic heterocycles. The van der Waals surface area contributed by atoms with E-state index in [-0.39, 0.29) is 5.91 Å². The number of carbonyl (C=O) groups is 2. The number of carboxylic acid groups (broad SMARTS) is 1. The standard InChI is InChI=1S/C20H20ClN5O.C2HF3O2/c1-2-17-19(23-24-26(17)16-8-5-7-15(21)12-16)20(27)25-11-10-22-13-14-6-3-4-9-18(14)25;3-2(4,5)1(6)7/h3-9,12,22H,2,10-11,13H2,1H3;(H,6,7). The molecule has 2 N–H and O–H groups in total. The minimum atomic E-state index is -5.08. The number of amides is 1. The molecule has 0 unspecified atom stereocenters. The first-order valence-electron chi connectivity index (χ1n) is 10.2. The maximum atomic E-state index is 13.4. The van der Waals surface area contributed by atoms with Crippen LogP contribution in [-0.4, -0.2) is 51.2 Å². The number of anilines is 1. The Labute approximate surface area is 197 Å². The van der Waals surface area contributed by atoms with Crippen LogP contribution in [0.5, 0.6) is 0 Å². The smallest absolute Gasteiger partial charge is 0.475 e. The summed E-state index contributed by atoms with van der Waals surface area (Å²) >= 11 is 6.11. The molecule has 0 spiro atoms. The van der Waals surface area contributed by atoms with Crippen LogP contribution < -0.4 is 10.2 Å². The Kier molecular flexibility index (Phi) is 7.90. The fourth-order valence-electron chi connectivity index (χ4n) is 3.40. The Morgan fingerprint density at radius 3 is 2.53 bits per heavy atom. The Balaban J connectivity index is 0.000000406. The largest absolute Gasteiger partial charge is 0.490 e. The molecular weight excluding hydrogens is 475 g/mol. The van der Waals surface area contributed by atoms with Gasteiger partial charge >= 0.3 is 12.1 Å². The number of fused-ring (bicyclic) bond motifs is 1. The average Bonchev–Trinajstić information content (AvgIpc) is 3.11. The Morgan fingerprint density at radius 1 is 1.18 bits per heavy atom. The van der Waals surface area contributed by atoms with E-state index in [0.29, 0.717) is 23.7 Å². The second kappa shape index (κ2) is 10.7. The highest BCUT2D eigenvalue weighted by Gasteiger charge is 2.38. The summed E-state index contributed by atoms with van der Waals surface area (Å²) in [5.41, 5.74) is 3.98. The molecule has 12 heteroatoms. The number of alkyl halides is 3. The Bertz CT molecular complexity index is 1180. The molecule has 0 atom stereocenters. The number of aromatic nitrogens is 3. The molecular formula is C22H21ClF3N5O3. The van der Waals surface area contributed by atoms with Crippen molar-refractivity contribution in [2.75, 3.05) is 18.0 Å². The van der Waals surface area contributed by atoms with Gasteiger partial charge in [-0.15, -0.1) is 5.10 Å². The van der Waals surface area contributed by atoms with E-state index in [0.717, 1.165) is 35.7 Å². The van der Waals surface area contributed by atoms with E-state index in [1.54, 1.807) is 15.6 Å². The van der Waals surface area contributed by atoms with Gasteiger partial charge in [0, 0.05) is 30.3 Å². The molecule has 8 nitrogen and oxygen atoms in total. The summed E-state index contributed by atoms with van der Waals surface area (Å²) in [7, 11) is 0. The van der Waals surface area contributed by atoms with Crippen LogP contribution in [0.25, 0.3) is 5.69 Å². The third kappa shape index (κ3) is 5.72. The van der Waals surface area contributed by atoms with Gasteiger partial charge in [0.2, 0.25) is 0 Å². The third-order valence-corrected chi connectivity index (χ3v) is 5.19. The Morgan fingerprint density at radius 2 is 1.88 bits per heavy atom. The summed E-state index contributed by atoms with van der Waals surface area (Å²) in [6.07, 6.45) is -4.45. The monoisotopic (exact) mass is 495 g/mol. The fraction of sp³-hybridized carbons (Fsp3) is 0.273. The molecule has 2 heterocycles. The van der Waals surface area contributed by atoms with Crippen molar-refractivity contribution in [2.24, 2.45) is 0 Å². The third-order valence-electron chi connectivity index (χ3n) is 4.95. The van der Waals surface area contributed by atoms with Crippen LogP contribution in [0.4, 0.5) is 18.9 Å². The summed E-state index contributed by atoms with van der Waals surface area (Å²) in [5.74, 6) is -2.89. The molecule has 34 heavy (non-hydrogen) atoms. The lowest BCUT2D eigenvalue weighted by Gasteiger charge is -2.22. The number of halogens is 4. The van der Waals surface area contributed by atoms with Crippen LogP contribution >= 0.6 is 11.6 Å². The molecule has 1 aliphatic rings. The first-order chi connectivity index (χ1) is 16.1. The van der Waals surface area contributed by atoms with Crippen molar-refractivity contribution in [1.29, 1.82) is 0 Å². The summed E-state index contributed by atoms with van der Waals surface area (Å²) in [4.78, 5) is 24.1. The van der Waals surface area contributed by atoms with Crippen molar-refractivity contribution in [3.05, 3.63) is 70.5 Å². The van der Waals surface area contributed by atoms with Gasteiger partial charge in [0.05, 0.1) is 11.4 Å². The van der Waals surface area contributed by atoms with Gasteiger partial charge in [-0.25, -0.2) is 9.48 Å². The molecule has 0 saturated heterocycles. The molecule has 180 valence electrons. The number of nitrogens with one attached hydrogen (secondary N) is 1. The zero-order valence-corrected chi connectivity index (χ0v) is 18.8. The minimum absolute atomic E-state index is 0.128. The summed E-state index contributed by atoms with van der Waals surface area (Å²) in [6, 6.07) is 15.3. The van der Waals surface area contributed by atoms with E-state index >= 15 is 0 Å². The maximum absolute atomic E-state index is 13.4. The number of benzene rings is 2. The van der Waals surface area contributed by atoms with Crippen LogP contribution in [-0.2, 0) is 17.8 Å². The molecule has 3 aromatic rings. The molecule has 0 radical (unpaired) electrons. The zero-order valence-electron chi connectivity index (χ0n) is 18.0. The molecule has 1 aromatic heterocycles. The molecule has 0 bridgehead atoms. The van der Waals surface area contributed by atoms with Gasteiger partial charge in [-0.2, -0.15) is 13.2 Å². The number of aliphatic carboxylic acids is 1. The van der Waals surface area contributed by atoms with E-state index in [1.165, 1.54) is 0 Å². The fourth-order valence-corrected chi connectivity index (χ4v) is 3.58.